The average Bonchev–Trinajstić information content (AvgIpc) is 2.47. The van der Waals surface area contributed by atoms with Gasteiger partial charge in [0.15, 0.2) is 0 Å². The largest absolute Gasteiger partial charge is 0.494 e. The van der Waals surface area contributed by atoms with Crippen LogP contribution in [-0.2, 0) is 0 Å². The van der Waals surface area contributed by atoms with Crippen molar-refractivity contribution < 1.29 is 14.2 Å². The Hall–Kier alpha value is -2.76. The fourth-order valence-electron chi connectivity index (χ4n) is 1.97. The van der Waals surface area contributed by atoms with Crippen LogP contribution in [0.1, 0.15) is 0 Å². The summed E-state index contributed by atoms with van der Waals surface area (Å²) >= 11 is 0. The lowest BCUT2D eigenvalue weighted by Crippen LogP contribution is -1.92. The van der Waals surface area contributed by atoms with E-state index in [0.717, 1.165) is 6.20 Å². The van der Waals surface area contributed by atoms with Gasteiger partial charge in [0.1, 0.15) is 23.4 Å². The summed E-state index contributed by atoms with van der Waals surface area (Å²) in [6.07, 6.45) is 2.39. The zero-order valence-corrected chi connectivity index (χ0v) is 10.5. The summed E-state index contributed by atoms with van der Waals surface area (Å²) < 4.78 is 18.2. The highest BCUT2D eigenvalue weighted by molar-refractivity contribution is 5.92. The Kier molecular flexibility index (Phi) is 2.90. The molecule has 0 saturated carbocycles. The maximum Gasteiger partial charge on any atom is 0.222 e. The van der Waals surface area contributed by atoms with Crippen LogP contribution < -0.4 is 4.74 Å². The lowest BCUT2D eigenvalue weighted by molar-refractivity contribution is 0.418. The molecule has 0 saturated heterocycles. The highest BCUT2D eigenvalue weighted by Gasteiger charge is 2.11. The molecule has 3 rings (SSSR count). The number of nitrogens with zero attached hydrogens (tertiary/aromatic N) is 3. The lowest BCUT2D eigenvalue weighted by Gasteiger charge is -2.08. The minimum absolute atomic E-state index is 0.141. The number of hydrogen-bond acceptors (Lipinski definition) is 5. The van der Waals surface area contributed by atoms with Crippen LogP contribution in [-0.4, -0.2) is 27.2 Å². The smallest absolute Gasteiger partial charge is 0.222 e. The van der Waals surface area contributed by atoms with Crippen molar-refractivity contribution in [3.8, 4) is 22.9 Å². The molecule has 0 aliphatic carbocycles. The molecule has 0 spiro atoms. The summed E-state index contributed by atoms with van der Waals surface area (Å²) in [6.45, 7) is 0. The second kappa shape index (κ2) is 4.73. The van der Waals surface area contributed by atoms with Crippen molar-refractivity contribution in [2.45, 2.75) is 0 Å². The van der Waals surface area contributed by atoms with Crippen molar-refractivity contribution in [2.75, 3.05) is 7.11 Å². The van der Waals surface area contributed by atoms with E-state index in [4.69, 9.17) is 4.74 Å². The number of halogens is 1. The first-order valence-electron chi connectivity index (χ1n) is 5.82. The van der Waals surface area contributed by atoms with Crippen molar-refractivity contribution in [3.63, 3.8) is 0 Å². The van der Waals surface area contributed by atoms with Crippen LogP contribution >= 0.6 is 0 Å². The van der Waals surface area contributed by atoms with Crippen molar-refractivity contribution >= 4 is 10.9 Å². The second-order valence-corrected chi connectivity index (χ2v) is 4.13. The van der Waals surface area contributed by atoms with Crippen LogP contribution in [0.15, 0.2) is 36.8 Å². The minimum atomic E-state index is -0.410. The van der Waals surface area contributed by atoms with Gasteiger partial charge in [0, 0.05) is 5.56 Å². The Morgan fingerprint density at radius 1 is 1.15 bits per heavy atom. The Balaban J connectivity index is 2.27. The van der Waals surface area contributed by atoms with E-state index in [0.29, 0.717) is 27.9 Å². The molecule has 6 heteroatoms. The van der Waals surface area contributed by atoms with Crippen LogP contribution in [0.25, 0.3) is 22.2 Å². The van der Waals surface area contributed by atoms with E-state index < -0.39 is 5.82 Å². The third kappa shape index (κ3) is 2.01. The summed E-state index contributed by atoms with van der Waals surface area (Å²) in [4.78, 5) is 11.8. The van der Waals surface area contributed by atoms with E-state index in [1.807, 2.05) is 0 Å². The van der Waals surface area contributed by atoms with Gasteiger partial charge in [-0.2, -0.15) is 0 Å². The summed E-state index contributed by atoms with van der Waals surface area (Å²) in [5.41, 5.74) is 1.75. The molecule has 0 atom stereocenters. The molecule has 0 bridgehead atoms. The fourth-order valence-corrected chi connectivity index (χ4v) is 1.97. The summed E-state index contributed by atoms with van der Waals surface area (Å²) in [7, 11) is 1.51. The van der Waals surface area contributed by atoms with E-state index in [-0.39, 0.29) is 5.88 Å². The molecule has 20 heavy (non-hydrogen) atoms. The quantitative estimate of drug-likeness (QED) is 0.775. The SMILES string of the molecule is COc1cc(-c2ccc(F)cn2)cc2c(O)ncnc12. The van der Waals surface area contributed by atoms with Crippen LogP contribution in [0.4, 0.5) is 4.39 Å². The molecule has 0 unspecified atom stereocenters. The van der Waals surface area contributed by atoms with Crippen LogP contribution in [0.3, 0.4) is 0 Å². The van der Waals surface area contributed by atoms with Gasteiger partial charge in [0.05, 0.1) is 24.4 Å². The zero-order chi connectivity index (χ0) is 14.1. The molecule has 0 amide bonds. The molecule has 0 radical (unpaired) electrons. The monoisotopic (exact) mass is 271 g/mol. The highest BCUT2D eigenvalue weighted by atomic mass is 19.1. The second-order valence-electron chi connectivity index (χ2n) is 4.13. The van der Waals surface area contributed by atoms with Gasteiger partial charge in [0.25, 0.3) is 0 Å². The summed E-state index contributed by atoms with van der Waals surface area (Å²) in [5, 5.41) is 10.3. The molecule has 5 nitrogen and oxygen atoms in total. The molecule has 0 aliphatic rings. The maximum absolute atomic E-state index is 12.9. The molecular formula is C14H10FN3O2. The number of ether oxygens (including phenoxy) is 1. The first-order chi connectivity index (χ1) is 9.69. The van der Waals surface area contributed by atoms with Crippen LogP contribution in [0, 0.1) is 5.82 Å². The van der Waals surface area contributed by atoms with Gasteiger partial charge in [0.2, 0.25) is 5.88 Å². The van der Waals surface area contributed by atoms with E-state index in [2.05, 4.69) is 15.0 Å². The highest BCUT2D eigenvalue weighted by Crippen LogP contribution is 2.33. The predicted molar refractivity (Wildman–Crippen MR) is 70.9 cm³/mol. The predicted octanol–water partition coefficient (Wildman–Crippen LogP) is 2.55. The summed E-state index contributed by atoms with van der Waals surface area (Å²) in [6, 6.07) is 6.29. The summed E-state index contributed by atoms with van der Waals surface area (Å²) in [5.74, 6) is -0.0636. The number of benzene rings is 1. The third-order valence-electron chi connectivity index (χ3n) is 2.93. The van der Waals surface area contributed by atoms with Gasteiger partial charge >= 0.3 is 0 Å². The van der Waals surface area contributed by atoms with Crippen molar-refractivity contribution in [2.24, 2.45) is 0 Å². The van der Waals surface area contributed by atoms with Crippen molar-refractivity contribution in [1.29, 1.82) is 0 Å². The van der Waals surface area contributed by atoms with Gasteiger partial charge < -0.3 is 9.84 Å². The Morgan fingerprint density at radius 2 is 2.00 bits per heavy atom. The van der Waals surface area contributed by atoms with Gasteiger partial charge in [-0.05, 0) is 24.3 Å². The number of fused-ring (bicyclic) bond motifs is 1. The average molecular weight is 271 g/mol. The Bertz CT molecular complexity index is 775. The Labute approximate surface area is 113 Å². The fraction of sp³-hybridized carbons (Fsp3) is 0.0714. The van der Waals surface area contributed by atoms with Crippen LogP contribution in [0.5, 0.6) is 11.6 Å². The van der Waals surface area contributed by atoms with E-state index in [1.54, 1.807) is 18.2 Å². The van der Waals surface area contributed by atoms with E-state index in [9.17, 15) is 9.50 Å². The number of aromatic hydroxyl groups is 1. The molecular weight excluding hydrogens is 261 g/mol. The van der Waals surface area contributed by atoms with E-state index in [1.165, 1.54) is 19.5 Å². The minimum Gasteiger partial charge on any atom is -0.494 e. The van der Waals surface area contributed by atoms with Gasteiger partial charge in [-0.15, -0.1) is 0 Å². The van der Waals surface area contributed by atoms with Gasteiger partial charge in [-0.1, -0.05) is 0 Å². The molecule has 2 heterocycles. The maximum atomic E-state index is 12.9. The number of hydrogen-bond donors (Lipinski definition) is 1. The molecule has 1 N–H and O–H groups in total. The Morgan fingerprint density at radius 3 is 2.70 bits per heavy atom. The van der Waals surface area contributed by atoms with E-state index >= 15 is 0 Å². The first kappa shape index (κ1) is 12.3. The zero-order valence-electron chi connectivity index (χ0n) is 10.5. The molecule has 0 aliphatic heterocycles. The first-order valence-corrected chi connectivity index (χ1v) is 5.82. The van der Waals surface area contributed by atoms with Gasteiger partial charge in [-0.25, -0.2) is 14.4 Å². The van der Waals surface area contributed by atoms with Gasteiger partial charge in [-0.3, -0.25) is 4.98 Å². The molecule has 2 aromatic heterocycles. The molecule has 100 valence electrons. The standard InChI is InChI=1S/C14H10FN3O2/c1-20-12-5-8(11-3-2-9(15)6-16-11)4-10-13(12)17-7-18-14(10)19/h2-7H,1H3,(H,17,18,19). The van der Waals surface area contributed by atoms with Crippen molar-refractivity contribution in [1.82, 2.24) is 15.0 Å². The molecule has 1 aromatic carbocycles. The van der Waals surface area contributed by atoms with Crippen LogP contribution in [0.2, 0.25) is 0 Å². The third-order valence-corrected chi connectivity index (χ3v) is 2.93. The lowest BCUT2D eigenvalue weighted by atomic mass is 10.1. The number of rotatable bonds is 2. The topological polar surface area (TPSA) is 68.1 Å². The molecule has 0 fully saturated rings. The molecule has 3 aromatic rings. The normalized spacial score (nSPS) is 10.7. The number of aromatic nitrogens is 3. The number of methoxy groups -OCH3 is 1. The number of pyridine rings is 1. The van der Waals surface area contributed by atoms with Crippen molar-refractivity contribution in [3.05, 3.63) is 42.6 Å².